The molecule has 0 aliphatic heterocycles. The SMILES string of the molecule is c1ccc(-c2nc3ccc4c(c5ccccc5n4-c4cccc(-c5cc(-c6ccc(-c7ccncc7)cc6)cc(-c6ccncc6)n5)c4)c3o2)cc1. The van der Waals surface area contributed by atoms with Gasteiger partial charge < -0.3 is 8.98 Å². The summed E-state index contributed by atoms with van der Waals surface area (Å²) in [5.41, 5.74) is 14.0. The van der Waals surface area contributed by atoms with E-state index in [1.54, 1.807) is 0 Å². The van der Waals surface area contributed by atoms with E-state index in [-0.39, 0.29) is 0 Å². The molecule has 6 nitrogen and oxygen atoms in total. The zero-order chi connectivity index (χ0) is 34.4. The van der Waals surface area contributed by atoms with E-state index in [2.05, 4.69) is 112 Å². The summed E-state index contributed by atoms with van der Waals surface area (Å²) in [7, 11) is 0. The number of nitrogens with zero attached hydrogens (tertiary/aromatic N) is 5. The Labute approximate surface area is 299 Å². The predicted octanol–water partition coefficient (Wildman–Crippen LogP) is 11.4. The summed E-state index contributed by atoms with van der Waals surface area (Å²) in [5, 5.41) is 2.16. The van der Waals surface area contributed by atoms with Gasteiger partial charge in [0.2, 0.25) is 5.89 Å². The van der Waals surface area contributed by atoms with E-state index in [0.29, 0.717) is 5.89 Å². The van der Waals surface area contributed by atoms with E-state index in [9.17, 15) is 0 Å². The monoisotopic (exact) mass is 667 g/mol. The molecule has 0 amide bonds. The second kappa shape index (κ2) is 12.3. The average molecular weight is 668 g/mol. The van der Waals surface area contributed by atoms with Crippen molar-refractivity contribution in [3.63, 3.8) is 0 Å². The smallest absolute Gasteiger partial charge is 0.227 e. The van der Waals surface area contributed by atoms with Crippen molar-refractivity contribution in [3.05, 3.63) is 176 Å². The number of fused-ring (bicyclic) bond motifs is 5. The van der Waals surface area contributed by atoms with Crippen LogP contribution in [0, 0.1) is 0 Å². The second-order valence-electron chi connectivity index (χ2n) is 12.8. The molecule has 5 aromatic carbocycles. The fraction of sp³-hybridized carbons (Fsp3) is 0. The first-order valence-electron chi connectivity index (χ1n) is 17.2. The first kappa shape index (κ1) is 29.7. The van der Waals surface area contributed by atoms with Gasteiger partial charge in [0.25, 0.3) is 0 Å². The number of aromatic nitrogens is 5. The molecule has 244 valence electrons. The molecule has 0 aliphatic carbocycles. The number of hydrogen-bond acceptors (Lipinski definition) is 5. The minimum atomic E-state index is 0.616. The lowest BCUT2D eigenvalue weighted by atomic mass is 9.98. The summed E-state index contributed by atoms with van der Waals surface area (Å²) < 4.78 is 8.83. The Morgan fingerprint density at radius 3 is 1.83 bits per heavy atom. The van der Waals surface area contributed by atoms with Crippen LogP contribution < -0.4 is 0 Å². The molecule has 0 fully saturated rings. The standard InChI is InChI=1S/C46H29N5O/c1-2-7-34(8-3-1)46-50-39-17-18-43-44(45(39)52-46)38-11-4-5-12-42(38)51(43)37-10-6-9-35(27-37)41-29-36(28-40(49-41)33-21-25-48-26-22-33)31-15-13-30(14-16-31)32-19-23-47-24-20-32/h1-29H. The van der Waals surface area contributed by atoms with Crippen LogP contribution in [0.25, 0.3) is 94.8 Å². The van der Waals surface area contributed by atoms with E-state index in [4.69, 9.17) is 14.4 Å². The zero-order valence-electron chi connectivity index (χ0n) is 27.9. The van der Waals surface area contributed by atoms with Gasteiger partial charge in [-0.2, -0.15) is 0 Å². The maximum absolute atomic E-state index is 6.52. The van der Waals surface area contributed by atoms with Crippen molar-refractivity contribution in [1.29, 1.82) is 0 Å². The number of pyridine rings is 3. The Morgan fingerprint density at radius 2 is 1.06 bits per heavy atom. The molecule has 5 aromatic heterocycles. The largest absolute Gasteiger partial charge is 0.435 e. The van der Waals surface area contributed by atoms with Crippen molar-refractivity contribution in [1.82, 2.24) is 24.5 Å². The van der Waals surface area contributed by atoms with Crippen LogP contribution in [0.5, 0.6) is 0 Å². The molecule has 0 spiro atoms. The van der Waals surface area contributed by atoms with Crippen LogP contribution >= 0.6 is 0 Å². The Bertz CT molecular complexity index is 2880. The molecule has 0 aliphatic rings. The van der Waals surface area contributed by atoms with Gasteiger partial charge in [0, 0.05) is 52.6 Å². The minimum absolute atomic E-state index is 0.616. The lowest BCUT2D eigenvalue weighted by Gasteiger charge is -2.13. The first-order valence-corrected chi connectivity index (χ1v) is 17.2. The molecule has 6 heteroatoms. The van der Waals surface area contributed by atoms with Crippen LogP contribution in [0.4, 0.5) is 0 Å². The first-order chi connectivity index (χ1) is 25.8. The molecule has 0 saturated carbocycles. The third-order valence-corrected chi connectivity index (χ3v) is 9.65. The maximum atomic E-state index is 6.52. The molecule has 52 heavy (non-hydrogen) atoms. The highest BCUT2D eigenvalue weighted by Crippen LogP contribution is 2.39. The zero-order valence-corrected chi connectivity index (χ0v) is 27.9. The average Bonchev–Trinajstić information content (AvgIpc) is 3.82. The third-order valence-electron chi connectivity index (χ3n) is 9.65. The Hall–Kier alpha value is -7.18. The van der Waals surface area contributed by atoms with E-state index in [1.165, 1.54) is 0 Å². The molecule has 0 N–H and O–H groups in total. The molecular weight excluding hydrogens is 639 g/mol. The van der Waals surface area contributed by atoms with Gasteiger partial charge in [-0.25, -0.2) is 9.97 Å². The van der Waals surface area contributed by atoms with Gasteiger partial charge in [-0.1, -0.05) is 72.8 Å². The summed E-state index contributed by atoms with van der Waals surface area (Å²) in [4.78, 5) is 18.5. The van der Waals surface area contributed by atoms with Crippen LogP contribution in [0.15, 0.2) is 181 Å². The fourth-order valence-electron chi connectivity index (χ4n) is 7.14. The highest BCUT2D eigenvalue weighted by Gasteiger charge is 2.19. The lowest BCUT2D eigenvalue weighted by molar-refractivity contribution is 0.623. The number of para-hydroxylation sites is 1. The number of hydrogen-bond donors (Lipinski definition) is 0. The van der Waals surface area contributed by atoms with E-state index < -0.39 is 0 Å². The van der Waals surface area contributed by atoms with Crippen LogP contribution in [0.1, 0.15) is 0 Å². The summed E-state index contributed by atoms with van der Waals surface area (Å²) in [6.45, 7) is 0. The topological polar surface area (TPSA) is 69.6 Å². The molecule has 0 atom stereocenters. The highest BCUT2D eigenvalue weighted by molar-refractivity contribution is 6.19. The second-order valence-corrected chi connectivity index (χ2v) is 12.8. The lowest BCUT2D eigenvalue weighted by Crippen LogP contribution is -1.96. The molecule has 0 unspecified atom stereocenters. The number of oxazole rings is 1. The number of rotatable bonds is 6. The molecular formula is C46H29N5O. The van der Waals surface area contributed by atoms with Crippen LogP contribution in [-0.4, -0.2) is 24.5 Å². The molecule has 10 aromatic rings. The third kappa shape index (κ3) is 5.13. The molecule has 10 rings (SSSR count). The Kier molecular flexibility index (Phi) is 7.03. The molecule has 5 heterocycles. The fourth-order valence-corrected chi connectivity index (χ4v) is 7.14. The predicted molar refractivity (Wildman–Crippen MR) is 209 cm³/mol. The quantitative estimate of drug-likeness (QED) is 0.176. The molecule has 0 bridgehead atoms. The van der Waals surface area contributed by atoms with Crippen molar-refractivity contribution < 1.29 is 4.42 Å². The van der Waals surface area contributed by atoms with Crippen molar-refractivity contribution in [2.75, 3.05) is 0 Å². The Morgan fingerprint density at radius 1 is 0.423 bits per heavy atom. The minimum Gasteiger partial charge on any atom is -0.435 e. The normalized spacial score (nSPS) is 11.5. The summed E-state index contributed by atoms with van der Waals surface area (Å²) in [6.07, 6.45) is 7.26. The van der Waals surface area contributed by atoms with Gasteiger partial charge in [-0.3, -0.25) is 9.97 Å². The van der Waals surface area contributed by atoms with Gasteiger partial charge in [0.1, 0.15) is 5.52 Å². The summed E-state index contributed by atoms with van der Waals surface area (Å²) in [6, 6.07) is 52.4. The van der Waals surface area contributed by atoms with Crippen molar-refractivity contribution >= 4 is 32.9 Å². The van der Waals surface area contributed by atoms with Gasteiger partial charge in [-0.15, -0.1) is 0 Å². The van der Waals surface area contributed by atoms with Gasteiger partial charge in [0.15, 0.2) is 5.58 Å². The van der Waals surface area contributed by atoms with Crippen LogP contribution in [0.3, 0.4) is 0 Å². The Balaban J connectivity index is 1.12. The van der Waals surface area contributed by atoms with Gasteiger partial charge in [0.05, 0.1) is 27.8 Å². The van der Waals surface area contributed by atoms with E-state index in [1.807, 2.05) is 79.4 Å². The van der Waals surface area contributed by atoms with Gasteiger partial charge >= 0.3 is 0 Å². The maximum Gasteiger partial charge on any atom is 0.227 e. The van der Waals surface area contributed by atoms with E-state index in [0.717, 1.165) is 88.9 Å². The van der Waals surface area contributed by atoms with Crippen LogP contribution in [-0.2, 0) is 0 Å². The van der Waals surface area contributed by atoms with Crippen molar-refractivity contribution in [2.45, 2.75) is 0 Å². The highest BCUT2D eigenvalue weighted by atomic mass is 16.3. The van der Waals surface area contributed by atoms with Crippen LogP contribution in [0.2, 0.25) is 0 Å². The van der Waals surface area contributed by atoms with E-state index >= 15 is 0 Å². The summed E-state index contributed by atoms with van der Waals surface area (Å²) >= 11 is 0. The molecule has 0 radical (unpaired) electrons. The number of benzene rings is 5. The summed E-state index contributed by atoms with van der Waals surface area (Å²) in [5.74, 6) is 0.616. The van der Waals surface area contributed by atoms with Crippen molar-refractivity contribution in [3.8, 4) is 61.9 Å². The van der Waals surface area contributed by atoms with Crippen molar-refractivity contribution in [2.24, 2.45) is 0 Å². The van der Waals surface area contributed by atoms with Gasteiger partial charge in [-0.05, 0) is 101 Å². The molecule has 0 saturated heterocycles.